The number of aliphatic hydroxyl groups excluding tert-OH is 1. The first-order valence-corrected chi connectivity index (χ1v) is 7.17. The molecule has 3 unspecified atom stereocenters. The van der Waals surface area contributed by atoms with E-state index >= 15 is 0 Å². The van der Waals surface area contributed by atoms with Crippen molar-refractivity contribution in [2.24, 2.45) is 5.92 Å². The molecule has 0 heterocycles. The van der Waals surface area contributed by atoms with Crippen molar-refractivity contribution in [3.05, 3.63) is 34.9 Å². The van der Waals surface area contributed by atoms with Crippen LogP contribution in [0.3, 0.4) is 0 Å². The summed E-state index contributed by atoms with van der Waals surface area (Å²) in [4.78, 5) is 13.7. The highest BCUT2D eigenvalue weighted by molar-refractivity contribution is 5.74. The van der Waals surface area contributed by atoms with Crippen LogP contribution in [0.25, 0.3) is 0 Å². The molecule has 0 fully saturated rings. The zero-order chi connectivity index (χ0) is 14.9. The third kappa shape index (κ3) is 3.12. The quantitative estimate of drug-likeness (QED) is 0.889. The van der Waals surface area contributed by atoms with Gasteiger partial charge in [0.05, 0.1) is 12.1 Å². The van der Waals surface area contributed by atoms with Gasteiger partial charge in [-0.15, -0.1) is 0 Å². The number of nitrogens with one attached hydrogen (secondary N) is 1. The summed E-state index contributed by atoms with van der Waals surface area (Å²) in [6, 6.07) is 6.38. The summed E-state index contributed by atoms with van der Waals surface area (Å²) in [5, 5.41) is 12.5. The molecular formula is C16H24N2O2. The molecule has 1 aliphatic carbocycles. The number of fused-ring (bicyclic) bond motifs is 1. The molecule has 4 heteroatoms. The Balaban J connectivity index is 2.10. The number of likely N-dealkylation sites (N-methyl/N-ethyl adjacent to an activating group) is 1. The van der Waals surface area contributed by atoms with E-state index in [1.165, 1.54) is 21.6 Å². The van der Waals surface area contributed by atoms with E-state index in [0.717, 1.165) is 6.42 Å². The van der Waals surface area contributed by atoms with E-state index in [1.807, 2.05) is 0 Å². The van der Waals surface area contributed by atoms with Crippen molar-refractivity contribution in [1.82, 2.24) is 10.2 Å². The molecule has 0 spiro atoms. The number of amides is 2. The fraction of sp³-hybridized carbons (Fsp3) is 0.562. The van der Waals surface area contributed by atoms with Crippen LogP contribution in [0.15, 0.2) is 18.2 Å². The van der Waals surface area contributed by atoms with E-state index in [9.17, 15) is 9.90 Å². The summed E-state index contributed by atoms with van der Waals surface area (Å²) >= 11 is 0. The average molecular weight is 276 g/mol. The Kier molecular flexibility index (Phi) is 4.33. The summed E-state index contributed by atoms with van der Waals surface area (Å²) in [5.74, 6) is 0.399. The van der Waals surface area contributed by atoms with Crippen LogP contribution in [-0.4, -0.2) is 35.7 Å². The van der Waals surface area contributed by atoms with Gasteiger partial charge in [0.15, 0.2) is 0 Å². The minimum Gasteiger partial charge on any atom is -0.392 e. The lowest BCUT2D eigenvalue weighted by Gasteiger charge is -2.25. The Morgan fingerprint density at radius 1 is 1.55 bits per heavy atom. The lowest BCUT2D eigenvalue weighted by Crippen LogP contribution is -2.42. The lowest BCUT2D eigenvalue weighted by molar-refractivity contribution is 0.141. The van der Waals surface area contributed by atoms with E-state index in [4.69, 9.17) is 0 Å². The monoisotopic (exact) mass is 276 g/mol. The smallest absolute Gasteiger partial charge is 0.317 e. The largest absolute Gasteiger partial charge is 0.392 e. The number of carbonyl (C=O) groups is 1. The molecule has 110 valence electrons. The molecule has 1 aliphatic rings. The van der Waals surface area contributed by atoms with Gasteiger partial charge in [-0.25, -0.2) is 4.79 Å². The fourth-order valence-electron chi connectivity index (χ4n) is 2.90. The Morgan fingerprint density at radius 3 is 2.90 bits per heavy atom. The minimum absolute atomic E-state index is 0.0637. The lowest BCUT2D eigenvalue weighted by atomic mass is 10.0. The first-order valence-electron chi connectivity index (χ1n) is 7.17. The Bertz CT molecular complexity index is 499. The van der Waals surface area contributed by atoms with Crippen molar-refractivity contribution in [2.45, 2.75) is 39.3 Å². The molecule has 2 N–H and O–H groups in total. The molecule has 4 nitrogen and oxygen atoms in total. The molecule has 20 heavy (non-hydrogen) atoms. The van der Waals surface area contributed by atoms with Crippen molar-refractivity contribution >= 4 is 6.03 Å². The molecule has 0 aromatic heterocycles. The molecule has 1 aromatic carbocycles. The van der Waals surface area contributed by atoms with Gasteiger partial charge < -0.3 is 15.3 Å². The average Bonchev–Trinajstić information content (AvgIpc) is 2.65. The summed E-state index contributed by atoms with van der Waals surface area (Å²) in [7, 11) is 1.71. The maximum Gasteiger partial charge on any atom is 0.317 e. The summed E-state index contributed by atoms with van der Waals surface area (Å²) in [5.41, 5.74) is 3.78. The van der Waals surface area contributed by atoms with Gasteiger partial charge in [-0.2, -0.15) is 0 Å². The Morgan fingerprint density at radius 2 is 2.25 bits per heavy atom. The molecule has 1 aromatic rings. The van der Waals surface area contributed by atoms with Crippen LogP contribution >= 0.6 is 0 Å². The van der Waals surface area contributed by atoms with Crippen LogP contribution in [0.5, 0.6) is 0 Å². The summed E-state index contributed by atoms with van der Waals surface area (Å²) < 4.78 is 0. The maximum absolute atomic E-state index is 12.2. The number of aryl methyl sites for hydroxylation is 1. The zero-order valence-electron chi connectivity index (χ0n) is 12.7. The summed E-state index contributed by atoms with van der Waals surface area (Å²) in [6.45, 7) is 6.25. The third-order valence-electron chi connectivity index (χ3n) is 3.91. The molecule has 3 atom stereocenters. The highest BCUT2D eigenvalue weighted by atomic mass is 16.3. The third-order valence-corrected chi connectivity index (χ3v) is 3.91. The van der Waals surface area contributed by atoms with Gasteiger partial charge in [0.2, 0.25) is 0 Å². The predicted molar refractivity (Wildman–Crippen MR) is 79.6 cm³/mol. The maximum atomic E-state index is 12.2. The zero-order valence-corrected chi connectivity index (χ0v) is 12.7. The highest BCUT2D eigenvalue weighted by Crippen LogP contribution is 2.36. The number of rotatable bonds is 3. The SMILES string of the molecule is Cc1ccc2c(c1)C(NC(=O)N(C)CC(C)O)C(C)C2. The number of urea groups is 1. The number of nitrogens with zero attached hydrogens (tertiary/aromatic N) is 1. The second-order valence-electron chi connectivity index (χ2n) is 6.04. The van der Waals surface area contributed by atoms with Crippen LogP contribution in [0.2, 0.25) is 0 Å². The topological polar surface area (TPSA) is 52.6 Å². The van der Waals surface area contributed by atoms with Gasteiger partial charge in [-0.3, -0.25) is 0 Å². The van der Waals surface area contributed by atoms with E-state index in [1.54, 1.807) is 14.0 Å². The van der Waals surface area contributed by atoms with Gasteiger partial charge in [-0.1, -0.05) is 30.7 Å². The Hall–Kier alpha value is -1.55. The molecular weight excluding hydrogens is 252 g/mol. The molecule has 0 radical (unpaired) electrons. The second-order valence-corrected chi connectivity index (χ2v) is 6.04. The number of carbonyl (C=O) groups excluding carboxylic acids is 1. The van der Waals surface area contributed by atoms with Crippen molar-refractivity contribution < 1.29 is 9.90 Å². The minimum atomic E-state index is -0.513. The van der Waals surface area contributed by atoms with E-state index in [2.05, 4.69) is 37.4 Å². The van der Waals surface area contributed by atoms with Crippen LogP contribution in [0, 0.1) is 12.8 Å². The van der Waals surface area contributed by atoms with Gasteiger partial charge in [0, 0.05) is 13.6 Å². The van der Waals surface area contributed by atoms with E-state index in [-0.39, 0.29) is 12.1 Å². The number of hydrogen-bond acceptors (Lipinski definition) is 2. The van der Waals surface area contributed by atoms with Crippen LogP contribution in [0.4, 0.5) is 4.79 Å². The van der Waals surface area contributed by atoms with Crippen LogP contribution < -0.4 is 5.32 Å². The van der Waals surface area contributed by atoms with Crippen molar-refractivity contribution in [2.75, 3.05) is 13.6 Å². The summed E-state index contributed by atoms with van der Waals surface area (Å²) in [6.07, 6.45) is 0.488. The number of hydrogen-bond donors (Lipinski definition) is 2. The fourth-order valence-corrected chi connectivity index (χ4v) is 2.90. The molecule has 2 rings (SSSR count). The molecule has 0 saturated carbocycles. The Labute approximate surface area is 120 Å². The van der Waals surface area contributed by atoms with Gasteiger partial charge >= 0.3 is 6.03 Å². The van der Waals surface area contributed by atoms with Gasteiger partial charge in [0.25, 0.3) is 0 Å². The van der Waals surface area contributed by atoms with Crippen molar-refractivity contribution in [3.63, 3.8) is 0 Å². The molecule has 2 amide bonds. The first-order chi connectivity index (χ1) is 9.38. The number of aliphatic hydroxyl groups is 1. The van der Waals surface area contributed by atoms with Crippen LogP contribution in [0.1, 0.15) is 36.6 Å². The van der Waals surface area contributed by atoms with E-state index < -0.39 is 6.10 Å². The molecule has 0 saturated heterocycles. The standard InChI is InChI=1S/C16H24N2O2/c1-10-5-6-13-8-11(2)15(14(13)7-10)17-16(20)18(4)9-12(3)19/h5-7,11-12,15,19H,8-9H2,1-4H3,(H,17,20). The second kappa shape index (κ2) is 5.83. The van der Waals surface area contributed by atoms with E-state index in [0.29, 0.717) is 12.5 Å². The normalized spacial score (nSPS) is 22.2. The van der Waals surface area contributed by atoms with Gasteiger partial charge in [0.1, 0.15) is 0 Å². The van der Waals surface area contributed by atoms with Gasteiger partial charge in [-0.05, 0) is 37.3 Å². The van der Waals surface area contributed by atoms with Crippen molar-refractivity contribution in [1.29, 1.82) is 0 Å². The first kappa shape index (κ1) is 14.9. The molecule has 0 aliphatic heterocycles. The predicted octanol–water partition coefficient (Wildman–Crippen LogP) is 2.25. The highest BCUT2D eigenvalue weighted by Gasteiger charge is 2.31. The van der Waals surface area contributed by atoms with Crippen molar-refractivity contribution in [3.8, 4) is 0 Å². The van der Waals surface area contributed by atoms with Crippen LogP contribution in [-0.2, 0) is 6.42 Å². The number of benzene rings is 1. The molecule has 0 bridgehead atoms.